The van der Waals surface area contributed by atoms with Crippen LogP contribution in [0.4, 0.5) is 0 Å². The van der Waals surface area contributed by atoms with E-state index in [1.807, 2.05) is 0 Å². The summed E-state index contributed by atoms with van der Waals surface area (Å²) >= 11 is 0. The molecule has 4 nitrogen and oxygen atoms in total. The van der Waals surface area contributed by atoms with Crippen molar-refractivity contribution in [2.24, 2.45) is 0 Å². The van der Waals surface area contributed by atoms with E-state index in [-0.39, 0.29) is 34.0 Å². The molecule has 0 N–H and O–H groups in total. The number of fused-ring (bicyclic) bond motifs is 2. The smallest absolute Gasteiger partial charge is 0.245 e. The van der Waals surface area contributed by atoms with Crippen LogP contribution in [0.2, 0.25) is 0 Å². The molecule has 5 aromatic carbocycles. The molecule has 0 bridgehead atoms. The third-order valence-corrected chi connectivity index (χ3v) is 7.65. The first kappa shape index (κ1) is 29.5. The van der Waals surface area contributed by atoms with Crippen LogP contribution in [0.3, 0.4) is 0 Å². The molecule has 2 heterocycles. The lowest BCUT2D eigenvalue weighted by Gasteiger charge is -2.04. The Hall–Kier alpha value is -4.00. The fraction of sp³-hybridized carbons (Fsp3) is 0.111. The Morgan fingerprint density at radius 1 is 0.405 bits per heavy atom. The van der Waals surface area contributed by atoms with Gasteiger partial charge in [-0.15, -0.1) is 0 Å². The van der Waals surface area contributed by atoms with E-state index in [4.69, 9.17) is 0 Å². The minimum absolute atomic E-state index is 0. The van der Waals surface area contributed by atoms with Crippen molar-refractivity contribution in [1.82, 2.24) is 9.13 Å². The number of para-hydroxylation sites is 4. The van der Waals surface area contributed by atoms with Crippen molar-refractivity contribution < 1.29 is 43.1 Å². The van der Waals surface area contributed by atoms with Gasteiger partial charge in [0, 0.05) is 0 Å². The van der Waals surface area contributed by atoms with Gasteiger partial charge in [0.1, 0.15) is 26.2 Å². The van der Waals surface area contributed by atoms with E-state index >= 15 is 0 Å². The molecule has 42 heavy (non-hydrogen) atoms. The fourth-order valence-electron chi connectivity index (χ4n) is 5.77. The van der Waals surface area contributed by atoms with Crippen LogP contribution in [0.1, 0.15) is 22.3 Å². The molecule has 0 saturated heterocycles. The average Bonchev–Trinajstić information content (AvgIpc) is 3.52. The maximum absolute atomic E-state index is 2.37. The summed E-state index contributed by atoms with van der Waals surface area (Å²) < 4.78 is 9.45. The summed E-state index contributed by atoms with van der Waals surface area (Å²) in [7, 11) is 0. The normalized spacial score (nSPS) is 10.9. The first-order valence-corrected chi connectivity index (χ1v) is 13.9. The van der Waals surface area contributed by atoms with Gasteiger partial charge in [-0.25, -0.2) is 18.3 Å². The number of hydrogen-bond donors (Lipinski definition) is 0. The molecular weight excluding hydrogens is 648 g/mol. The van der Waals surface area contributed by atoms with Crippen molar-refractivity contribution in [3.05, 3.63) is 168 Å². The summed E-state index contributed by atoms with van der Waals surface area (Å²) in [6.45, 7) is 3.38. The van der Waals surface area contributed by atoms with Gasteiger partial charge in [-0.3, -0.25) is 0 Å². The lowest BCUT2D eigenvalue weighted by Crippen LogP contribution is -3.00. The Bertz CT molecular complexity index is 1770. The Morgan fingerprint density at radius 2 is 0.786 bits per heavy atom. The van der Waals surface area contributed by atoms with Crippen molar-refractivity contribution in [3.63, 3.8) is 0 Å². The summed E-state index contributed by atoms with van der Waals surface area (Å²) in [5.41, 5.74) is 10.2. The zero-order valence-electron chi connectivity index (χ0n) is 23.2. The predicted octanol–water partition coefficient (Wildman–Crippen LogP) is 0.372. The van der Waals surface area contributed by atoms with Crippen LogP contribution in [0.5, 0.6) is 0 Å². The number of aromatic nitrogens is 4. The lowest BCUT2D eigenvalue weighted by atomic mass is 10.1. The van der Waals surface area contributed by atoms with Crippen LogP contribution in [0.25, 0.3) is 22.1 Å². The van der Waals surface area contributed by atoms with Crippen LogP contribution in [0, 0.1) is 0 Å². The largest absolute Gasteiger partial charge is 1.00 e. The highest BCUT2D eigenvalue weighted by Gasteiger charge is 2.18. The molecule has 6 heteroatoms. The minimum Gasteiger partial charge on any atom is -1.00 e. The molecule has 0 saturated carbocycles. The van der Waals surface area contributed by atoms with Crippen LogP contribution in [-0.2, 0) is 26.2 Å². The van der Waals surface area contributed by atoms with Gasteiger partial charge < -0.3 is 34.0 Å². The fourth-order valence-corrected chi connectivity index (χ4v) is 5.77. The Balaban J connectivity index is 0.00000176. The van der Waals surface area contributed by atoms with E-state index in [1.54, 1.807) is 0 Å². The van der Waals surface area contributed by atoms with Gasteiger partial charge in [0.05, 0.1) is 0 Å². The van der Waals surface area contributed by atoms with Gasteiger partial charge in [0.25, 0.3) is 0 Å². The lowest BCUT2D eigenvalue weighted by molar-refractivity contribution is -0.664. The number of rotatable bonds is 8. The van der Waals surface area contributed by atoms with E-state index < -0.39 is 0 Å². The molecule has 7 rings (SSSR count). The van der Waals surface area contributed by atoms with Crippen LogP contribution in [0.15, 0.2) is 146 Å². The molecule has 0 amide bonds. The van der Waals surface area contributed by atoms with Gasteiger partial charge in [0.2, 0.25) is 12.7 Å². The molecule has 2 aromatic heterocycles. The summed E-state index contributed by atoms with van der Waals surface area (Å²) in [5, 5.41) is 0. The Kier molecular flexibility index (Phi) is 9.35. The minimum atomic E-state index is 0. The van der Waals surface area contributed by atoms with E-state index in [0.717, 1.165) is 26.2 Å². The van der Waals surface area contributed by atoms with E-state index in [1.165, 1.54) is 44.3 Å². The Labute approximate surface area is 267 Å². The molecule has 0 radical (unpaired) electrons. The second kappa shape index (κ2) is 13.3. The highest BCUT2D eigenvalue weighted by Crippen LogP contribution is 2.17. The highest BCUT2D eigenvalue weighted by atomic mass is 79.9. The van der Waals surface area contributed by atoms with Crippen molar-refractivity contribution in [2.45, 2.75) is 26.2 Å². The van der Waals surface area contributed by atoms with Crippen molar-refractivity contribution >= 4 is 22.1 Å². The number of benzene rings is 5. The Morgan fingerprint density at radius 3 is 1.24 bits per heavy atom. The molecule has 7 aromatic rings. The first-order valence-electron chi connectivity index (χ1n) is 13.9. The van der Waals surface area contributed by atoms with E-state index in [9.17, 15) is 0 Å². The first-order chi connectivity index (χ1) is 19.8. The highest BCUT2D eigenvalue weighted by molar-refractivity contribution is 5.72. The third kappa shape index (κ3) is 6.25. The quantitative estimate of drug-likeness (QED) is 0.207. The van der Waals surface area contributed by atoms with Gasteiger partial charge >= 0.3 is 0 Å². The molecule has 0 aliphatic heterocycles. The molecule has 0 unspecified atom stereocenters. The summed E-state index contributed by atoms with van der Waals surface area (Å²) in [6, 6.07) is 47.8. The van der Waals surface area contributed by atoms with Gasteiger partial charge in [-0.05, 0) is 52.6 Å². The molecule has 0 aliphatic carbocycles. The number of nitrogens with zero attached hydrogens (tertiary/aromatic N) is 4. The van der Waals surface area contributed by atoms with E-state index in [2.05, 4.69) is 164 Å². The molecule has 0 fully saturated rings. The van der Waals surface area contributed by atoms with Gasteiger partial charge in [0.15, 0.2) is 22.1 Å². The van der Waals surface area contributed by atoms with Crippen LogP contribution >= 0.6 is 0 Å². The van der Waals surface area contributed by atoms with E-state index in [0.29, 0.717) is 0 Å². The third-order valence-electron chi connectivity index (χ3n) is 7.65. The maximum atomic E-state index is 2.37. The van der Waals surface area contributed by atoms with Gasteiger partial charge in [-0.1, -0.05) is 103 Å². The molecule has 0 spiro atoms. The average molecular weight is 680 g/mol. The number of halogens is 2. The number of imidazole rings is 2. The second-order valence-electron chi connectivity index (χ2n) is 10.5. The predicted molar refractivity (Wildman–Crippen MR) is 160 cm³/mol. The monoisotopic (exact) mass is 678 g/mol. The van der Waals surface area contributed by atoms with Crippen molar-refractivity contribution in [2.75, 3.05) is 0 Å². The second-order valence-corrected chi connectivity index (χ2v) is 10.5. The summed E-state index contributed by atoms with van der Waals surface area (Å²) in [5.74, 6) is 0. The maximum Gasteiger partial charge on any atom is 0.245 e. The standard InChI is InChI=1S/C36H32N4.2BrH/c1-3-12-29(13-4-1)23-37-27-39(35-20-9-7-18-33(35)37)25-31-16-11-17-32(22-31)26-40-28-38(24-30-14-5-2-6-15-30)34-19-8-10-21-36(34)40;;/h1-22,27-28H,23-26H2;2*1H/q+2;;/p-2. The number of hydrogen-bond acceptors (Lipinski definition) is 0. The van der Waals surface area contributed by atoms with Crippen molar-refractivity contribution in [3.8, 4) is 0 Å². The zero-order chi connectivity index (χ0) is 26.7. The topological polar surface area (TPSA) is 17.6 Å². The summed E-state index contributed by atoms with van der Waals surface area (Å²) in [6.07, 6.45) is 4.52. The molecule has 210 valence electrons. The van der Waals surface area contributed by atoms with Crippen molar-refractivity contribution in [1.29, 1.82) is 0 Å². The molecular formula is C36H32Br2N4. The molecule has 0 atom stereocenters. The summed E-state index contributed by atoms with van der Waals surface area (Å²) in [4.78, 5) is 0. The molecule has 0 aliphatic rings. The van der Waals surface area contributed by atoms with Gasteiger partial charge in [-0.2, -0.15) is 0 Å². The van der Waals surface area contributed by atoms with Crippen LogP contribution < -0.4 is 43.1 Å². The zero-order valence-corrected chi connectivity index (χ0v) is 26.4. The van der Waals surface area contributed by atoms with Crippen LogP contribution in [-0.4, -0.2) is 9.13 Å². The SMILES string of the molecule is [Br-].[Br-].c1ccc(Cn2c[n+](Cc3cccc(C[n+]4cn(Cc5ccccc5)c5ccccc54)c3)c3ccccc32)cc1.